The molecule has 2 heterocycles. The number of fused-ring (bicyclic) bond motifs is 2. The third-order valence-electron chi connectivity index (χ3n) is 7.70. The van der Waals surface area contributed by atoms with Gasteiger partial charge in [0.25, 0.3) is 0 Å². The predicted octanol–water partition coefficient (Wildman–Crippen LogP) is 5.17. The standard InChI is InChI=1S/C27H35N3O2S.ClH/c1-2-3-14-28-26(33)29-22-11-12-27(21-9-10-23-24(16-21)32-19-31-23)13-15-30(25(27)17-22)18-20-7-5-4-6-8-20;/h4-10,16,22,25H,2-3,11-15,17-19H2,1H3,(H2,28,29,33);1H/t22-,25-,27-;/m0./s1. The molecular weight excluding hydrogens is 466 g/mol. The maximum Gasteiger partial charge on any atom is 0.231 e. The van der Waals surface area contributed by atoms with Crippen LogP contribution in [0, 0.1) is 0 Å². The maximum absolute atomic E-state index is 5.74. The summed E-state index contributed by atoms with van der Waals surface area (Å²) >= 11 is 5.61. The van der Waals surface area contributed by atoms with Crippen LogP contribution in [0.4, 0.5) is 0 Å². The average molecular weight is 502 g/mol. The minimum Gasteiger partial charge on any atom is -0.454 e. The van der Waals surface area contributed by atoms with Gasteiger partial charge in [0.15, 0.2) is 16.6 Å². The first-order valence-corrected chi connectivity index (χ1v) is 12.8. The Bertz CT molecular complexity index is 976. The number of unbranched alkanes of at least 4 members (excludes halogenated alkanes) is 1. The van der Waals surface area contributed by atoms with Gasteiger partial charge >= 0.3 is 0 Å². The Morgan fingerprint density at radius 2 is 1.94 bits per heavy atom. The molecule has 34 heavy (non-hydrogen) atoms. The number of hydrogen-bond acceptors (Lipinski definition) is 4. The molecule has 1 saturated heterocycles. The Morgan fingerprint density at radius 1 is 1.12 bits per heavy atom. The number of nitrogens with zero attached hydrogens (tertiary/aromatic N) is 1. The van der Waals surface area contributed by atoms with Crippen molar-refractivity contribution in [3.8, 4) is 11.5 Å². The molecule has 5 nitrogen and oxygen atoms in total. The van der Waals surface area contributed by atoms with E-state index in [9.17, 15) is 0 Å². The average Bonchev–Trinajstić information content (AvgIpc) is 3.45. The summed E-state index contributed by atoms with van der Waals surface area (Å²) in [5.41, 5.74) is 2.92. The molecule has 0 radical (unpaired) electrons. The van der Waals surface area contributed by atoms with Crippen molar-refractivity contribution in [1.29, 1.82) is 0 Å². The fraction of sp³-hybridized carbons (Fsp3) is 0.519. The van der Waals surface area contributed by atoms with Gasteiger partial charge in [0.1, 0.15) is 0 Å². The fourth-order valence-electron chi connectivity index (χ4n) is 5.94. The molecule has 2 aliphatic heterocycles. The Morgan fingerprint density at radius 3 is 2.76 bits per heavy atom. The molecule has 0 bridgehead atoms. The van der Waals surface area contributed by atoms with Crippen molar-refractivity contribution in [2.45, 2.75) is 69.5 Å². The second-order valence-electron chi connectivity index (χ2n) is 9.67. The number of benzene rings is 2. The van der Waals surface area contributed by atoms with Gasteiger partial charge in [-0.2, -0.15) is 0 Å². The van der Waals surface area contributed by atoms with Crippen LogP contribution in [0.15, 0.2) is 48.5 Å². The van der Waals surface area contributed by atoms with Crippen LogP contribution in [0.25, 0.3) is 0 Å². The number of nitrogens with one attached hydrogen (secondary N) is 2. The quantitative estimate of drug-likeness (QED) is 0.403. The van der Waals surface area contributed by atoms with E-state index < -0.39 is 0 Å². The highest BCUT2D eigenvalue weighted by Crippen LogP contribution is 2.51. The summed E-state index contributed by atoms with van der Waals surface area (Å²) in [6.07, 6.45) is 6.87. The minimum absolute atomic E-state index is 0. The van der Waals surface area contributed by atoms with Gasteiger partial charge in [-0.1, -0.05) is 49.7 Å². The van der Waals surface area contributed by atoms with Gasteiger partial charge in [-0.25, -0.2) is 0 Å². The highest BCUT2D eigenvalue weighted by Gasteiger charge is 2.51. The maximum atomic E-state index is 5.74. The number of hydrogen-bond donors (Lipinski definition) is 2. The molecule has 0 unspecified atom stereocenters. The number of thiocarbonyl (C=S) groups is 1. The first kappa shape index (κ1) is 25.1. The van der Waals surface area contributed by atoms with E-state index in [-0.39, 0.29) is 17.8 Å². The van der Waals surface area contributed by atoms with Crippen molar-refractivity contribution in [3.63, 3.8) is 0 Å². The fourth-order valence-corrected chi connectivity index (χ4v) is 6.21. The van der Waals surface area contributed by atoms with E-state index in [2.05, 4.69) is 71.0 Å². The second kappa shape index (κ2) is 11.1. The van der Waals surface area contributed by atoms with Gasteiger partial charge in [-0.15, -0.1) is 12.4 Å². The molecule has 3 atom stereocenters. The second-order valence-corrected chi connectivity index (χ2v) is 10.1. The van der Waals surface area contributed by atoms with E-state index in [1.54, 1.807) is 0 Å². The molecule has 5 rings (SSSR count). The summed E-state index contributed by atoms with van der Waals surface area (Å²) in [6, 6.07) is 18.3. The van der Waals surface area contributed by atoms with Crippen molar-refractivity contribution >= 4 is 29.7 Å². The monoisotopic (exact) mass is 501 g/mol. The van der Waals surface area contributed by atoms with E-state index in [0.717, 1.165) is 61.9 Å². The summed E-state index contributed by atoms with van der Waals surface area (Å²) in [7, 11) is 0. The molecule has 0 amide bonds. The predicted molar refractivity (Wildman–Crippen MR) is 143 cm³/mol. The molecule has 2 N–H and O–H groups in total. The first-order chi connectivity index (χ1) is 16.2. The van der Waals surface area contributed by atoms with Gasteiger partial charge in [-0.05, 0) is 74.1 Å². The topological polar surface area (TPSA) is 45.8 Å². The van der Waals surface area contributed by atoms with Gasteiger partial charge in [0.05, 0.1) is 0 Å². The summed E-state index contributed by atoms with van der Waals surface area (Å²) in [4.78, 5) is 2.70. The normalized spacial score (nSPS) is 25.3. The lowest BCUT2D eigenvalue weighted by atomic mass is 9.65. The van der Waals surface area contributed by atoms with Gasteiger partial charge in [-0.3, -0.25) is 4.90 Å². The van der Waals surface area contributed by atoms with Crippen molar-refractivity contribution < 1.29 is 9.47 Å². The largest absolute Gasteiger partial charge is 0.454 e. The van der Waals surface area contributed by atoms with Gasteiger partial charge in [0.2, 0.25) is 6.79 Å². The molecule has 2 fully saturated rings. The van der Waals surface area contributed by atoms with Crippen LogP contribution in [0.2, 0.25) is 0 Å². The third kappa shape index (κ3) is 5.14. The zero-order valence-corrected chi connectivity index (χ0v) is 21.6. The summed E-state index contributed by atoms with van der Waals surface area (Å²) in [5.74, 6) is 1.76. The Hall–Kier alpha value is -2.02. The van der Waals surface area contributed by atoms with E-state index >= 15 is 0 Å². The van der Waals surface area contributed by atoms with Crippen molar-refractivity contribution in [3.05, 3.63) is 59.7 Å². The highest BCUT2D eigenvalue weighted by molar-refractivity contribution is 7.80. The van der Waals surface area contributed by atoms with Crippen molar-refractivity contribution in [1.82, 2.24) is 15.5 Å². The minimum atomic E-state index is 0. The van der Waals surface area contributed by atoms with E-state index in [1.165, 1.54) is 24.0 Å². The molecule has 184 valence electrons. The first-order valence-electron chi connectivity index (χ1n) is 12.4. The Kier molecular flexibility index (Phi) is 8.22. The number of likely N-dealkylation sites (tertiary alicyclic amines) is 1. The van der Waals surface area contributed by atoms with Crippen LogP contribution < -0.4 is 20.1 Å². The van der Waals surface area contributed by atoms with Crippen LogP contribution in [-0.2, 0) is 12.0 Å². The molecule has 3 aliphatic rings. The lowest BCUT2D eigenvalue weighted by Crippen LogP contribution is -2.53. The van der Waals surface area contributed by atoms with Crippen LogP contribution >= 0.6 is 24.6 Å². The lowest BCUT2D eigenvalue weighted by molar-refractivity contribution is 0.134. The summed E-state index contributed by atoms with van der Waals surface area (Å²) in [5, 5.41) is 7.82. The van der Waals surface area contributed by atoms with E-state index in [0.29, 0.717) is 18.9 Å². The van der Waals surface area contributed by atoms with Crippen LogP contribution in [-0.4, -0.2) is 42.0 Å². The molecular formula is C27H36ClN3O2S. The molecule has 0 aromatic heterocycles. The molecule has 0 spiro atoms. The van der Waals surface area contributed by atoms with Crippen molar-refractivity contribution in [2.75, 3.05) is 19.9 Å². The van der Waals surface area contributed by atoms with E-state index in [4.69, 9.17) is 21.7 Å². The van der Waals surface area contributed by atoms with Crippen molar-refractivity contribution in [2.24, 2.45) is 0 Å². The molecule has 1 saturated carbocycles. The Labute approximate surface area is 215 Å². The number of ether oxygens (including phenoxy) is 2. The SMILES string of the molecule is CCCCNC(=S)N[C@H]1CC[C@@]2(c3ccc4c(c3)OCO4)CCN(Cc3ccccc3)[C@H]2C1.Cl. The summed E-state index contributed by atoms with van der Waals surface area (Å²) < 4.78 is 11.3. The lowest BCUT2D eigenvalue weighted by Gasteiger charge is -2.45. The molecule has 2 aromatic rings. The van der Waals surface area contributed by atoms with E-state index in [1.807, 2.05) is 0 Å². The van der Waals surface area contributed by atoms with Gasteiger partial charge < -0.3 is 20.1 Å². The number of halogens is 1. The highest BCUT2D eigenvalue weighted by atomic mass is 35.5. The van der Waals surface area contributed by atoms with Gasteiger partial charge in [0, 0.05) is 30.6 Å². The third-order valence-corrected chi connectivity index (χ3v) is 7.96. The molecule has 1 aliphatic carbocycles. The van der Waals surface area contributed by atoms with Crippen LogP contribution in [0.3, 0.4) is 0 Å². The van der Waals surface area contributed by atoms with Crippen LogP contribution in [0.5, 0.6) is 11.5 Å². The summed E-state index contributed by atoms with van der Waals surface area (Å²) in [6.45, 7) is 5.57. The zero-order chi connectivity index (χ0) is 22.7. The molecule has 7 heteroatoms. The molecule has 2 aromatic carbocycles. The zero-order valence-electron chi connectivity index (χ0n) is 19.9. The van der Waals surface area contributed by atoms with Crippen LogP contribution in [0.1, 0.15) is 56.6 Å². The number of rotatable bonds is 7. The smallest absolute Gasteiger partial charge is 0.231 e. The Balaban J connectivity index is 0.00000274.